The van der Waals surface area contributed by atoms with Crippen LogP contribution >= 0.6 is 0 Å². The van der Waals surface area contributed by atoms with Crippen LogP contribution in [0, 0.1) is 12.7 Å². The SMILES string of the molecule is Cc1onc(-c2ccccc2)c1-c1nnc(CN2CCN(S(=O)(=O)c3cccc(F)c3)CC2)o1. The summed E-state index contributed by atoms with van der Waals surface area (Å²) < 4.78 is 51.8. The second-order valence-electron chi connectivity index (χ2n) is 7.97. The zero-order valence-electron chi connectivity index (χ0n) is 18.4. The van der Waals surface area contributed by atoms with Crippen molar-refractivity contribution < 1.29 is 21.7 Å². The van der Waals surface area contributed by atoms with Crippen LogP contribution in [0.2, 0.25) is 0 Å². The highest BCUT2D eigenvalue weighted by Crippen LogP contribution is 2.33. The maximum atomic E-state index is 13.5. The molecule has 0 unspecified atom stereocenters. The third-order valence-corrected chi connectivity index (χ3v) is 7.61. The van der Waals surface area contributed by atoms with E-state index in [4.69, 9.17) is 8.94 Å². The maximum absolute atomic E-state index is 13.5. The van der Waals surface area contributed by atoms with Crippen molar-refractivity contribution in [2.45, 2.75) is 18.4 Å². The van der Waals surface area contributed by atoms with Gasteiger partial charge in [0.05, 0.1) is 11.4 Å². The predicted octanol–water partition coefficient (Wildman–Crippen LogP) is 3.35. The largest absolute Gasteiger partial charge is 0.419 e. The molecule has 0 N–H and O–H groups in total. The molecule has 0 spiro atoms. The molecule has 1 fully saturated rings. The van der Waals surface area contributed by atoms with Gasteiger partial charge in [-0.3, -0.25) is 4.90 Å². The number of nitrogens with zero attached hydrogens (tertiary/aromatic N) is 5. The first-order valence-electron chi connectivity index (χ1n) is 10.7. The molecule has 2 aromatic carbocycles. The van der Waals surface area contributed by atoms with Crippen LogP contribution in [0.3, 0.4) is 0 Å². The predicted molar refractivity (Wildman–Crippen MR) is 120 cm³/mol. The van der Waals surface area contributed by atoms with Crippen molar-refractivity contribution in [3.8, 4) is 22.7 Å². The Morgan fingerprint density at radius 1 is 1.00 bits per heavy atom. The zero-order chi connectivity index (χ0) is 23.7. The molecule has 34 heavy (non-hydrogen) atoms. The van der Waals surface area contributed by atoms with Gasteiger partial charge in [-0.1, -0.05) is 41.6 Å². The molecule has 176 valence electrons. The van der Waals surface area contributed by atoms with Crippen LogP contribution in [0.1, 0.15) is 11.7 Å². The van der Waals surface area contributed by atoms with E-state index < -0.39 is 15.8 Å². The van der Waals surface area contributed by atoms with Gasteiger partial charge in [0.1, 0.15) is 22.8 Å². The lowest BCUT2D eigenvalue weighted by Gasteiger charge is -2.33. The van der Waals surface area contributed by atoms with Gasteiger partial charge in [-0.15, -0.1) is 10.2 Å². The van der Waals surface area contributed by atoms with Crippen molar-refractivity contribution in [3.63, 3.8) is 0 Å². The first-order chi connectivity index (χ1) is 16.4. The number of rotatable bonds is 6. The lowest BCUT2D eigenvalue weighted by molar-refractivity contribution is 0.168. The highest BCUT2D eigenvalue weighted by molar-refractivity contribution is 7.89. The van der Waals surface area contributed by atoms with Crippen molar-refractivity contribution in [1.82, 2.24) is 24.6 Å². The Morgan fingerprint density at radius 3 is 2.50 bits per heavy atom. The summed E-state index contributed by atoms with van der Waals surface area (Å²) >= 11 is 0. The highest BCUT2D eigenvalue weighted by atomic mass is 32.2. The minimum absolute atomic E-state index is 0.0409. The number of piperazine rings is 1. The summed E-state index contributed by atoms with van der Waals surface area (Å²) in [4.78, 5) is 1.99. The van der Waals surface area contributed by atoms with Gasteiger partial charge in [0.15, 0.2) is 0 Å². The van der Waals surface area contributed by atoms with E-state index in [9.17, 15) is 12.8 Å². The van der Waals surface area contributed by atoms with Crippen LogP contribution in [0.15, 0.2) is 68.4 Å². The maximum Gasteiger partial charge on any atom is 0.253 e. The number of benzene rings is 2. The molecule has 9 nitrogen and oxygen atoms in total. The lowest BCUT2D eigenvalue weighted by Crippen LogP contribution is -2.48. The summed E-state index contributed by atoms with van der Waals surface area (Å²) in [6.07, 6.45) is 0. The number of aryl methyl sites for hydroxylation is 1. The van der Waals surface area contributed by atoms with Crippen LogP contribution in [0.25, 0.3) is 22.7 Å². The minimum atomic E-state index is -3.74. The molecule has 1 saturated heterocycles. The second kappa shape index (κ2) is 9.09. The molecule has 2 aromatic heterocycles. The van der Waals surface area contributed by atoms with Crippen molar-refractivity contribution >= 4 is 10.0 Å². The van der Waals surface area contributed by atoms with Crippen LogP contribution in [-0.4, -0.2) is 59.2 Å². The number of aromatic nitrogens is 3. The van der Waals surface area contributed by atoms with Gasteiger partial charge in [-0.05, 0) is 25.1 Å². The summed E-state index contributed by atoms with van der Waals surface area (Å²) in [5, 5.41) is 12.5. The van der Waals surface area contributed by atoms with E-state index in [2.05, 4.69) is 15.4 Å². The van der Waals surface area contributed by atoms with E-state index in [1.807, 2.05) is 35.2 Å². The third kappa shape index (κ3) is 4.37. The van der Waals surface area contributed by atoms with Gasteiger partial charge in [0.2, 0.25) is 15.9 Å². The number of sulfonamides is 1. The van der Waals surface area contributed by atoms with E-state index in [-0.39, 0.29) is 18.0 Å². The molecule has 0 saturated carbocycles. The average molecular weight is 484 g/mol. The van der Waals surface area contributed by atoms with Crippen molar-refractivity contribution in [3.05, 3.63) is 72.1 Å². The second-order valence-corrected chi connectivity index (χ2v) is 9.90. The van der Waals surface area contributed by atoms with Crippen LogP contribution in [-0.2, 0) is 16.6 Å². The van der Waals surface area contributed by atoms with E-state index in [0.29, 0.717) is 48.4 Å². The third-order valence-electron chi connectivity index (χ3n) is 5.71. The Hall–Kier alpha value is -3.41. The van der Waals surface area contributed by atoms with E-state index >= 15 is 0 Å². The summed E-state index contributed by atoms with van der Waals surface area (Å²) in [5.74, 6) is 0.728. The van der Waals surface area contributed by atoms with Crippen LogP contribution in [0.5, 0.6) is 0 Å². The molecule has 0 radical (unpaired) electrons. The normalized spacial score (nSPS) is 15.6. The van der Waals surface area contributed by atoms with E-state index in [1.165, 1.54) is 22.5 Å². The Labute approximate surface area is 195 Å². The fourth-order valence-corrected chi connectivity index (χ4v) is 5.39. The van der Waals surface area contributed by atoms with Crippen molar-refractivity contribution in [1.29, 1.82) is 0 Å². The Kier molecular flexibility index (Phi) is 5.98. The molecule has 0 bridgehead atoms. The fourth-order valence-electron chi connectivity index (χ4n) is 3.93. The Balaban J connectivity index is 1.26. The summed E-state index contributed by atoms with van der Waals surface area (Å²) in [6, 6.07) is 14.7. The summed E-state index contributed by atoms with van der Waals surface area (Å²) in [7, 11) is -3.74. The molecule has 11 heteroatoms. The lowest BCUT2D eigenvalue weighted by atomic mass is 10.1. The Bertz CT molecular complexity index is 1400. The van der Waals surface area contributed by atoms with Gasteiger partial charge in [-0.25, -0.2) is 12.8 Å². The quantitative estimate of drug-likeness (QED) is 0.411. The molecule has 0 aliphatic carbocycles. The molecule has 4 aromatic rings. The molecule has 1 aliphatic heterocycles. The van der Waals surface area contributed by atoms with Crippen LogP contribution < -0.4 is 0 Å². The molecular formula is C23H22FN5O4S. The topological polar surface area (TPSA) is 106 Å². The molecule has 1 aliphatic rings. The first-order valence-corrected chi connectivity index (χ1v) is 12.2. The van der Waals surface area contributed by atoms with Gasteiger partial charge in [-0.2, -0.15) is 4.31 Å². The number of halogens is 1. The highest BCUT2D eigenvalue weighted by Gasteiger charge is 2.29. The zero-order valence-corrected chi connectivity index (χ0v) is 19.2. The van der Waals surface area contributed by atoms with Crippen molar-refractivity contribution in [2.75, 3.05) is 26.2 Å². The molecule has 0 amide bonds. The van der Waals surface area contributed by atoms with Gasteiger partial charge in [0.25, 0.3) is 5.89 Å². The number of hydrogen-bond donors (Lipinski definition) is 0. The summed E-state index contributed by atoms with van der Waals surface area (Å²) in [5.41, 5.74) is 2.16. The van der Waals surface area contributed by atoms with Crippen LogP contribution in [0.4, 0.5) is 4.39 Å². The van der Waals surface area contributed by atoms with E-state index in [1.54, 1.807) is 6.92 Å². The molecular weight excluding hydrogens is 461 g/mol. The van der Waals surface area contributed by atoms with Crippen molar-refractivity contribution in [2.24, 2.45) is 0 Å². The smallest absolute Gasteiger partial charge is 0.253 e. The molecule has 3 heterocycles. The number of hydrogen-bond acceptors (Lipinski definition) is 8. The molecule has 0 atom stereocenters. The van der Waals surface area contributed by atoms with Gasteiger partial charge >= 0.3 is 0 Å². The Morgan fingerprint density at radius 2 is 1.76 bits per heavy atom. The standard InChI is InChI=1S/C23H22FN5O4S/c1-16-21(22(27-33-16)17-6-3-2-4-7-17)23-26-25-20(32-23)15-28-10-12-29(13-11-28)34(30,31)19-9-5-8-18(24)14-19/h2-9,14H,10-13,15H2,1H3. The average Bonchev–Trinajstić information content (AvgIpc) is 3.46. The first kappa shape index (κ1) is 22.4. The molecule has 5 rings (SSSR count). The monoisotopic (exact) mass is 483 g/mol. The fraction of sp³-hybridized carbons (Fsp3) is 0.261. The van der Waals surface area contributed by atoms with E-state index in [0.717, 1.165) is 11.6 Å². The van der Waals surface area contributed by atoms with Gasteiger partial charge in [0, 0.05) is 31.7 Å². The summed E-state index contributed by atoms with van der Waals surface area (Å²) in [6.45, 7) is 3.69. The minimum Gasteiger partial charge on any atom is -0.419 e. The van der Waals surface area contributed by atoms with Gasteiger partial charge < -0.3 is 8.94 Å².